The number of nitriles is 1. The van der Waals surface area contributed by atoms with Crippen LogP contribution in [0.15, 0.2) is 17.7 Å². The largest absolute Gasteiger partial charge is 0.491 e. The summed E-state index contributed by atoms with van der Waals surface area (Å²) in [7, 11) is -0.643. The van der Waals surface area contributed by atoms with Crippen LogP contribution in [0.3, 0.4) is 0 Å². The van der Waals surface area contributed by atoms with E-state index in [4.69, 9.17) is 14.6 Å². The third-order valence-electron chi connectivity index (χ3n) is 4.32. The molecule has 25 heavy (non-hydrogen) atoms. The first-order valence-electron chi connectivity index (χ1n) is 7.81. The molecule has 0 amide bonds. The lowest BCUT2D eigenvalue weighted by Crippen LogP contribution is -2.41. The van der Waals surface area contributed by atoms with E-state index in [-0.39, 0.29) is 10.8 Å². The molecule has 2 rings (SSSR count). The Morgan fingerprint density at radius 1 is 1.40 bits per heavy atom. The van der Waals surface area contributed by atoms with Gasteiger partial charge in [-0.3, -0.25) is 4.79 Å². The van der Waals surface area contributed by atoms with Gasteiger partial charge in [-0.2, -0.15) is 5.26 Å². The smallest absolute Gasteiger partial charge is 0.400 e. The van der Waals surface area contributed by atoms with Crippen LogP contribution in [-0.4, -0.2) is 34.2 Å². The molecule has 2 heterocycles. The lowest BCUT2D eigenvalue weighted by Gasteiger charge is -2.32. The lowest BCUT2D eigenvalue weighted by molar-refractivity contribution is -0.109. The minimum absolute atomic E-state index is 0.0356. The monoisotopic (exact) mass is 362 g/mol. The van der Waals surface area contributed by atoms with E-state index in [0.717, 1.165) is 11.8 Å². The van der Waals surface area contributed by atoms with Gasteiger partial charge < -0.3 is 9.31 Å². The first-order valence-corrected chi connectivity index (χ1v) is 8.79. The van der Waals surface area contributed by atoms with Gasteiger partial charge in [0.25, 0.3) is 0 Å². The Labute approximate surface area is 151 Å². The van der Waals surface area contributed by atoms with Gasteiger partial charge >= 0.3 is 7.12 Å². The van der Waals surface area contributed by atoms with E-state index in [2.05, 4.69) is 4.98 Å². The first-order chi connectivity index (χ1) is 11.6. The highest BCUT2D eigenvalue weighted by Gasteiger charge is 2.52. The van der Waals surface area contributed by atoms with E-state index in [9.17, 15) is 9.18 Å². The van der Waals surface area contributed by atoms with Crippen LogP contribution in [0, 0.1) is 17.1 Å². The molecule has 132 valence electrons. The average molecular weight is 362 g/mol. The standard InChI is InChI=1S/C17H20BFN2O3S/c1-11(22)25-10-13(18-23-16(2,3)17(4,5)24-18)6-12-7-14(19)15(8-20)21-9-12/h6-7,9H,10H2,1-5H3. The Kier molecular flexibility index (Phi) is 5.72. The second-order valence-corrected chi connectivity index (χ2v) is 7.95. The molecular weight excluding hydrogens is 342 g/mol. The van der Waals surface area contributed by atoms with Gasteiger partial charge in [0, 0.05) is 18.9 Å². The van der Waals surface area contributed by atoms with E-state index in [1.807, 2.05) is 27.7 Å². The van der Waals surface area contributed by atoms with Crippen molar-refractivity contribution in [3.63, 3.8) is 0 Å². The highest BCUT2D eigenvalue weighted by atomic mass is 32.2. The molecular formula is C17H20BFN2O3S. The van der Waals surface area contributed by atoms with Crippen molar-refractivity contribution in [1.29, 1.82) is 5.26 Å². The topological polar surface area (TPSA) is 72.2 Å². The molecule has 0 aromatic carbocycles. The quantitative estimate of drug-likeness (QED) is 0.765. The first kappa shape index (κ1) is 19.6. The summed E-state index contributed by atoms with van der Waals surface area (Å²) >= 11 is 1.12. The Morgan fingerprint density at radius 2 is 2.00 bits per heavy atom. The number of aromatic nitrogens is 1. The molecule has 0 unspecified atom stereocenters. The molecule has 1 aromatic rings. The molecule has 0 saturated carbocycles. The van der Waals surface area contributed by atoms with Gasteiger partial charge in [0.2, 0.25) is 0 Å². The summed E-state index contributed by atoms with van der Waals surface area (Å²) in [6.07, 6.45) is 3.10. The van der Waals surface area contributed by atoms with E-state index < -0.39 is 24.1 Å². The predicted octanol–water partition coefficient (Wildman–Crippen LogP) is 3.39. The van der Waals surface area contributed by atoms with Crippen LogP contribution in [0.25, 0.3) is 6.08 Å². The maximum absolute atomic E-state index is 13.8. The maximum Gasteiger partial charge on any atom is 0.491 e. The third kappa shape index (κ3) is 4.48. The molecule has 0 N–H and O–H groups in total. The second-order valence-electron chi connectivity index (χ2n) is 6.80. The Balaban J connectivity index is 2.35. The molecule has 1 aliphatic heterocycles. The van der Waals surface area contributed by atoms with E-state index in [1.165, 1.54) is 19.2 Å². The van der Waals surface area contributed by atoms with Crippen LogP contribution in [0.2, 0.25) is 0 Å². The van der Waals surface area contributed by atoms with E-state index in [1.54, 1.807) is 12.1 Å². The van der Waals surface area contributed by atoms with Crippen molar-refractivity contribution < 1.29 is 18.5 Å². The molecule has 1 fully saturated rings. The third-order valence-corrected chi connectivity index (χ3v) is 5.20. The molecule has 0 radical (unpaired) electrons. The summed E-state index contributed by atoms with van der Waals surface area (Å²) in [5.74, 6) is -0.336. The molecule has 0 spiro atoms. The van der Waals surface area contributed by atoms with Crippen molar-refractivity contribution in [3.8, 4) is 6.07 Å². The number of hydrogen-bond acceptors (Lipinski definition) is 6. The fourth-order valence-electron chi connectivity index (χ4n) is 2.19. The summed E-state index contributed by atoms with van der Waals surface area (Å²) in [4.78, 5) is 15.1. The van der Waals surface area contributed by atoms with Crippen molar-refractivity contribution in [2.24, 2.45) is 0 Å². The van der Waals surface area contributed by atoms with Gasteiger partial charge in [-0.1, -0.05) is 17.8 Å². The normalized spacial score (nSPS) is 18.9. The average Bonchev–Trinajstić information content (AvgIpc) is 2.71. The molecule has 1 saturated heterocycles. The number of rotatable bonds is 4. The Hall–Kier alpha value is -1.69. The van der Waals surface area contributed by atoms with Gasteiger partial charge in [-0.25, -0.2) is 9.37 Å². The Bertz CT molecular complexity index is 743. The highest BCUT2D eigenvalue weighted by molar-refractivity contribution is 8.13. The molecule has 1 aromatic heterocycles. The number of pyridine rings is 1. The number of hydrogen-bond donors (Lipinski definition) is 0. The summed E-state index contributed by atoms with van der Waals surface area (Å²) in [6, 6.07) is 2.92. The van der Waals surface area contributed by atoms with Gasteiger partial charge in [0.15, 0.2) is 16.6 Å². The minimum Gasteiger partial charge on any atom is -0.400 e. The van der Waals surface area contributed by atoms with Gasteiger partial charge in [0.1, 0.15) is 6.07 Å². The number of nitrogens with zero attached hydrogens (tertiary/aromatic N) is 2. The van der Waals surface area contributed by atoms with Crippen LogP contribution in [0.5, 0.6) is 0 Å². The minimum atomic E-state index is -0.691. The molecule has 1 aliphatic rings. The van der Waals surface area contributed by atoms with Crippen molar-refractivity contribution >= 4 is 30.1 Å². The summed E-state index contributed by atoms with van der Waals surface area (Å²) in [6.45, 7) is 9.23. The van der Waals surface area contributed by atoms with Crippen molar-refractivity contribution in [1.82, 2.24) is 4.98 Å². The SMILES string of the molecule is CC(=O)SCC(=Cc1cnc(C#N)c(F)c1)B1OC(C)(C)C(C)(C)O1. The number of halogens is 1. The van der Waals surface area contributed by atoms with Crippen LogP contribution in [0.4, 0.5) is 4.39 Å². The van der Waals surface area contributed by atoms with Crippen LogP contribution in [-0.2, 0) is 14.1 Å². The Morgan fingerprint density at radius 3 is 2.48 bits per heavy atom. The van der Waals surface area contributed by atoms with Crippen LogP contribution < -0.4 is 0 Å². The molecule has 0 bridgehead atoms. The maximum atomic E-state index is 13.8. The number of carbonyl (C=O) groups is 1. The van der Waals surface area contributed by atoms with E-state index in [0.29, 0.717) is 16.8 Å². The highest BCUT2D eigenvalue weighted by Crippen LogP contribution is 2.39. The molecule has 8 heteroatoms. The zero-order valence-corrected chi connectivity index (χ0v) is 15.7. The van der Waals surface area contributed by atoms with Gasteiger partial charge in [-0.05, 0) is 44.8 Å². The van der Waals surface area contributed by atoms with E-state index >= 15 is 0 Å². The fraction of sp³-hybridized carbons (Fsp3) is 0.471. The number of thioether (sulfide) groups is 1. The second kappa shape index (κ2) is 7.28. The van der Waals surface area contributed by atoms with Crippen LogP contribution in [0.1, 0.15) is 45.9 Å². The van der Waals surface area contributed by atoms with Crippen LogP contribution >= 0.6 is 11.8 Å². The fourth-order valence-corrected chi connectivity index (χ4v) is 2.77. The number of carbonyl (C=O) groups excluding carboxylic acids is 1. The zero-order chi connectivity index (χ0) is 18.8. The summed E-state index contributed by atoms with van der Waals surface area (Å²) in [5, 5.41) is 8.74. The van der Waals surface area contributed by atoms with Gasteiger partial charge in [-0.15, -0.1) is 0 Å². The predicted molar refractivity (Wildman–Crippen MR) is 96.1 cm³/mol. The van der Waals surface area contributed by atoms with Crippen molar-refractivity contribution in [2.45, 2.75) is 45.8 Å². The van der Waals surface area contributed by atoms with Crippen molar-refractivity contribution in [2.75, 3.05) is 5.75 Å². The summed E-state index contributed by atoms with van der Waals surface area (Å²) in [5.41, 5.74) is -0.125. The zero-order valence-electron chi connectivity index (χ0n) is 14.9. The molecule has 0 atom stereocenters. The lowest BCUT2D eigenvalue weighted by atomic mass is 9.78. The molecule has 5 nitrogen and oxygen atoms in total. The summed E-state index contributed by atoms with van der Waals surface area (Å²) < 4.78 is 25.9. The van der Waals surface area contributed by atoms with Gasteiger partial charge in [0.05, 0.1) is 11.2 Å². The van der Waals surface area contributed by atoms with Crippen molar-refractivity contribution in [3.05, 3.63) is 34.8 Å². The molecule has 0 aliphatic carbocycles.